The molecule has 0 aliphatic heterocycles. The van der Waals surface area contributed by atoms with Gasteiger partial charge in [0.2, 0.25) is 5.95 Å². The van der Waals surface area contributed by atoms with Gasteiger partial charge in [-0.05, 0) is 51.8 Å². The lowest BCUT2D eigenvalue weighted by atomic mass is 10.2. The molecule has 0 radical (unpaired) electrons. The number of hydrogen-bond donors (Lipinski definition) is 1. The van der Waals surface area contributed by atoms with Crippen LogP contribution in [-0.4, -0.2) is 30.9 Å². The minimum atomic E-state index is 0.0929. The van der Waals surface area contributed by atoms with Gasteiger partial charge in [0.05, 0.1) is 5.75 Å². The van der Waals surface area contributed by atoms with Crippen molar-refractivity contribution in [1.29, 1.82) is 0 Å². The monoisotopic (exact) mass is 381 g/mol. The molecule has 3 aromatic rings. The fourth-order valence-electron chi connectivity index (χ4n) is 3.41. The van der Waals surface area contributed by atoms with E-state index in [1.54, 1.807) is 0 Å². The number of nitrogens with zero attached hydrogens (tertiary/aromatic N) is 4. The van der Waals surface area contributed by atoms with E-state index in [2.05, 4.69) is 46.0 Å². The first kappa shape index (κ1) is 17.9. The van der Waals surface area contributed by atoms with Crippen molar-refractivity contribution >= 4 is 23.5 Å². The minimum absolute atomic E-state index is 0.0929. The van der Waals surface area contributed by atoms with Gasteiger partial charge in [-0.3, -0.25) is 9.36 Å². The quantitative estimate of drug-likeness (QED) is 0.518. The number of thioether (sulfide) groups is 1. The second kappa shape index (κ2) is 6.88. The standard InChI is InChI=1S/C20H23N5OS/c1-12-4-6-15(7-5-12)24-13(2)10-17(14(24)3)18(26)11-27-20-23-22-19(21)25(20)16-8-9-16/h4-7,10,16H,8-9,11H2,1-3H3,(H2,21,22). The van der Waals surface area contributed by atoms with Crippen LogP contribution in [0.25, 0.3) is 5.69 Å². The van der Waals surface area contributed by atoms with Gasteiger partial charge in [-0.1, -0.05) is 29.5 Å². The largest absolute Gasteiger partial charge is 0.368 e. The molecule has 140 valence electrons. The third-order valence-corrected chi connectivity index (χ3v) is 5.90. The highest BCUT2D eigenvalue weighted by molar-refractivity contribution is 7.99. The van der Waals surface area contributed by atoms with E-state index >= 15 is 0 Å². The number of benzene rings is 1. The number of aryl methyl sites for hydroxylation is 2. The van der Waals surface area contributed by atoms with E-state index < -0.39 is 0 Å². The highest BCUT2D eigenvalue weighted by atomic mass is 32.2. The fraction of sp³-hybridized carbons (Fsp3) is 0.350. The Balaban J connectivity index is 1.54. The number of anilines is 1. The van der Waals surface area contributed by atoms with Gasteiger partial charge in [-0.2, -0.15) is 0 Å². The molecule has 2 N–H and O–H groups in total. The van der Waals surface area contributed by atoms with E-state index in [-0.39, 0.29) is 5.78 Å². The third-order valence-electron chi connectivity index (χ3n) is 4.96. The molecule has 1 fully saturated rings. The molecule has 1 aliphatic rings. The third kappa shape index (κ3) is 3.39. The van der Waals surface area contributed by atoms with Crippen LogP contribution < -0.4 is 5.73 Å². The predicted molar refractivity (Wildman–Crippen MR) is 108 cm³/mol. The van der Waals surface area contributed by atoms with Gasteiger partial charge in [-0.25, -0.2) is 0 Å². The van der Waals surface area contributed by atoms with Crippen LogP contribution >= 0.6 is 11.8 Å². The van der Waals surface area contributed by atoms with Crippen LogP contribution in [0, 0.1) is 20.8 Å². The van der Waals surface area contributed by atoms with E-state index in [0.29, 0.717) is 17.7 Å². The molecule has 2 aromatic heterocycles. The summed E-state index contributed by atoms with van der Waals surface area (Å²) in [6.45, 7) is 6.09. The normalized spacial score (nSPS) is 13.9. The van der Waals surface area contributed by atoms with Crippen molar-refractivity contribution in [3.05, 3.63) is 52.8 Å². The Morgan fingerprint density at radius 2 is 1.89 bits per heavy atom. The van der Waals surface area contributed by atoms with E-state index in [0.717, 1.165) is 40.6 Å². The Kier molecular flexibility index (Phi) is 4.55. The lowest BCUT2D eigenvalue weighted by molar-refractivity contribution is 0.102. The number of Topliss-reactive ketones (excluding diaryl/α,β-unsaturated/α-hetero) is 1. The van der Waals surface area contributed by atoms with Crippen molar-refractivity contribution in [2.24, 2.45) is 0 Å². The van der Waals surface area contributed by atoms with Gasteiger partial charge in [0.25, 0.3) is 0 Å². The molecule has 4 rings (SSSR count). The molecule has 1 saturated carbocycles. The van der Waals surface area contributed by atoms with Crippen molar-refractivity contribution in [2.45, 2.75) is 44.8 Å². The number of ketones is 1. The van der Waals surface area contributed by atoms with Crippen molar-refractivity contribution in [3.63, 3.8) is 0 Å². The summed E-state index contributed by atoms with van der Waals surface area (Å²) >= 11 is 1.41. The number of nitrogen functional groups attached to an aromatic ring is 1. The summed E-state index contributed by atoms with van der Waals surface area (Å²) in [6.07, 6.45) is 2.20. The summed E-state index contributed by atoms with van der Waals surface area (Å²) in [4.78, 5) is 12.9. The second-order valence-electron chi connectivity index (χ2n) is 7.11. The Morgan fingerprint density at radius 3 is 2.56 bits per heavy atom. The smallest absolute Gasteiger partial charge is 0.222 e. The summed E-state index contributed by atoms with van der Waals surface area (Å²) in [5.41, 5.74) is 11.0. The van der Waals surface area contributed by atoms with E-state index in [4.69, 9.17) is 5.73 Å². The Labute approximate surface area is 162 Å². The van der Waals surface area contributed by atoms with E-state index in [9.17, 15) is 4.79 Å². The molecule has 7 heteroatoms. The SMILES string of the molecule is Cc1ccc(-n2c(C)cc(C(=O)CSc3nnc(N)n3C3CC3)c2C)cc1. The zero-order valence-corrected chi connectivity index (χ0v) is 16.6. The molecule has 1 aromatic carbocycles. The Hall–Kier alpha value is -2.54. The maximum atomic E-state index is 12.9. The van der Waals surface area contributed by atoms with Gasteiger partial charge < -0.3 is 10.3 Å². The van der Waals surface area contributed by atoms with Crippen molar-refractivity contribution in [3.8, 4) is 5.69 Å². The molecule has 2 heterocycles. The summed E-state index contributed by atoms with van der Waals surface area (Å²) in [5.74, 6) is 0.851. The van der Waals surface area contributed by atoms with Crippen LogP contribution in [0.4, 0.5) is 5.95 Å². The van der Waals surface area contributed by atoms with Gasteiger partial charge in [0.15, 0.2) is 10.9 Å². The van der Waals surface area contributed by atoms with Gasteiger partial charge in [-0.15, -0.1) is 10.2 Å². The number of carbonyl (C=O) groups excluding carboxylic acids is 1. The lowest BCUT2D eigenvalue weighted by Gasteiger charge is -2.10. The molecule has 0 spiro atoms. The highest BCUT2D eigenvalue weighted by Crippen LogP contribution is 2.39. The van der Waals surface area contributed by atoms with E-state index in [1.807, 2.05) is 24.5 Å². The molecular weight excluding hydrogens is 358 g/mol. The fourth-order valence-corrected chi connectivity index (χ4v) is 4.30. The number of nitrogens with two attached hydrogens (primary N) is 1. The average Bonchev–Trinajstić information content (AvgIpc) is 3.34. The minimum Gasteiger partial charge on any atom is -0.368 e. The second-order valence-corrected chi connectivity index (χ2v) is 8.05. The number of rotatable bonds is 6. The summed E-state index contributed by atoms with van der Waals surface area (Å²) in [6, 6.07) is 10.7. The first-order valence-corrected chi connectivity index (χ1v) is 10.1. The summed E-state index contributed by atoms with van der Waals surface area (Å²) < 4.78 is 4.08. The maximum absolute atomic E-state index is 12.9. The van der Waals surface area contributed by atoms with Crippen LogP contribution in [0.5, 0.6) is 0 Å². The zero-order valence-electron chi connectivity index (χ0n) is 15.8. The molecular formula is C20H23N5OS. The van der Waals surface area contributed by atoms with Crippen LogP contribution in [0.2, 0.25) is 0 Å². The Bertz CT molecular complexity index is 998. The topological polar surface area (TPSA) is 78.7 Å². The first-order chi connectivity index (χ1) is 13.0. The molecule has 0 amide bonds. The van der Waals surface area contributed by atoms with Crippen molar-refractivity contribution in [1.82, 2.24) is 19.3 Å². The molecule has 0 bridgehead atoms. The number of carbonyl (C=O) groups is 1. The highest BCUT2D eigenvalue weighted by Gasteiger charge is 2.29. The van der Waals surface area contributed by atoms with Crippen LogP contribution in [-0.2, 0) is 0 Å². The summed E-state index contributed by atoms with van der Waals surface area (Å²) in [5, 5.41) is 8.83. The molecule has 0 saturated heterocycles. The summed E-state index contributed by atoms with van der Waals surface area (Å²) in [7, 11) is 0. The zero-order chi connectivity index (χ0) is 19.1. The van der Waals surface area contributed by atoms with Crippen LogP contribution in [0.15, 0.2) is 35.5 Å². The van der Waals surface area contributed by atoms with Crippen molar-refractivity contribution < 1.29 is 4.79 Å². The lowest BCUT2D eigenvalue weighted by Crippen LogP contribution is -2.07. The molecule has 0 atom stereocenters. The van der Waals surface area contributed by atoms with Gasteiger partial charge >= 0.3 is 0 Å². The molecule has 0 unspecified atom stereocenters. The van der Waals surface area contributed by atoms with Crippen molar-refractivity contribution in [2.75, 3.05) is 11.5 Å². The van der Waals surface area contributed by atoms with Gasteiger partial charge in [0, 0.05) is 28.7 Å². The Morgan fingerprint density at radius 1 is 1.19 bits per heavy atom. The molecule has 1 aliphatic carbocycles. The first-order valence-electron chi connectivity index (χ1n) is 9.08. The molecule has 27 heavy (non-hydrogen) atoms. The maximum Gasteiger partial charge on any atom is 0.222 e. The molecule has 6 nitrogen and oxygen atoms in total. The van der Waals surface area contributed by atoms with Crippen LogP contribution in [0.3, 0.4) is 0 Å². The predicted octanol–water partition coefficient (Wildman–Crippen LogP) is 3.89. The number of hydrogen-bond acceptors (Lipinski definition) is 5. The van der Waals surface area contributed by atoms with Crippen LogP contribution in [0.1, 0.15) is 46.2 Å². The average molecular weight is 382 g/mol. The number of aromatic nitrogens is 4. The van der Waals surface area contributed by atoms with Gasteiger partial charge in [0.1, 0.15) is 0 Å². The van der Waals surface area contributed by atoms with E-state index in [1.165, 1.54) is 17.3 Å².